The molecule has 0 spiro atoms. The summed E-state index contributed by atoms with van der Waals surface area (Å²) in [6, 6.07) is 21.2. The Morgan fingerprint density at radius 1 is 0.976 bits per heavy atom. The van der Waals surface area contributed by atoms with E-state index in [1.165, 1.54) is 11.8 Å². The zero-order valence-corrected chi connectivity index (χ0v) is 25.0. The Bertz CT molecular complexity index is 1750. The number of hydrogen-bond acceptors (Lipinski definition) is 7. The highest BCUT2D eigenvalue weighted by Gasteiger charge is 2.36. The quantitative estimate of drug-likeness (QED) is 0.207. The van der Waals surface area contributed by atoms with E-state index in [1.54, 1.807) is 21.6 Å². The van der Waals surface area contributed by atoms with Gasteiger partial charge in [0.2, 0.25) is 0 Å². The number of hydrogen-bond donors (Lipinski definition) is 0. The lowest BCUT2D eigenvalue weighted by atomic mass is 10.1. The second kappa shape index (κ2) is 11.3. The number of fused-ring (bicyclic) bond motifs is 1. The average Bonchev–Trinajstić information content (AvgIpc) is 3.27. The van der Waals surface area contributed by atoms with Gasteiger partial charge in [-0.15, -0.1) is 0 Å². The van der Waals surface area contributed by atoms with Crippen LogP contribution in [0.25, 0.3) is 11.7 Å². The minimum absolute atomic E-state index is 0.207. The van der Waals surface area contributed by atoms with Crippen LogP contribution in [0.15, 0.2) is 82.6 Å². The van der Waals surface area contributed by atoms with Gasteiger partial charge in [0.25, 0.3) is 11.5 Å². The minimum atomic E-state index is -0.230. The predicted molar refractivity (Wildman–Crippen MR) is 172 cm³/mol. The van der Waals surface area contributed by atoms with Gasteiger partial charge < -0.3 is 9.80 Å². The van der Waals surface area contributed by atoms with Crippen LogP contribution in [0.2, 0.25) is 5.02 Å². The van der Waals surface area contributed by atoms with Crippen molar-refractivity contribution in [2.75, 3.05) is 36.0 Å². The number of aryl methyl sites for hydroxylation is 1. The van der Waals surface area contributed by atoms with E-state index in [2.05, 4.69) is 9.80 Å². The molecule has 2 saturated heterocycles. The van der Waals surface area contributed by atoms with Gasteiger partial charge in [0.1, 0.15) is 15.8 Å². The van der Waals surface area contributed by atoms with E-state index < -0.39 is 0 Å². The highest BCUT2D eigenvalue weighted by atomic mass is 35.5. The van der Waals surface area contributed by atoms with E-state index in [1.807, 2.05) is 80.6 Å². The van der Waals surface area contributed by atoms with Crippen LogP contribution in [-0.2, 0) is 4.79 Å². The van der Waals surface area contributed by atoms with E-state index in [0.717, 1.165) is 29.9 Å². The highest BCUT2D eigenvalue weighted by Crippen LogP contribution is 2.38. The fourth-order valence-electron chi connectivity index (χ4n) is 5.29. The Morgan fingerprint density at radius 2 is 1.71 bits per heavy atom. The van der Waals surface area contributed by atoms with Crippen LogP contribution in [0.3, 0.4) is 0 Å². The Labute approximate surface area is 253 Å². The van der Waals surface area contributed by atoms with Gasteiger partial charge in [0.15, 0.2) is 0 Å². The molecule has 4 heterocycles. The molecule has 1 atom stereocenters. The molecule has 2 aliphatic heterocycles. The fourth-order valence-corrected chi connectivity index (χ4v) is 6.87. The number of carbonyl (C=O) groups is 1. The summed E-state index contributed by atoms with van der Waals surface area (Å²) < 4.78 is 2.03. The van der Waals surface area contributed by atoms with Gasteiger partial charge in [-0.1, -0.05) is 78.0 Å². The van der Waals surface area contributed by atoms with Crippen molar-refractivity contribution in [1.82, 2.24) is 14.3 Å². The van der Waals surface area contributed by atoms with Gasteiger partial charge in [-0.25, -0.2) is 4.98 Å². The normalized spacial score (nSPS) is 17.6. The van der Waals surface area contributed by atoms with Crippen molar-refractivity contribution in [3.8, 4) is 0 Å². The lowest BCUT2D eigenvalue weighted by molar-refractivity contribution is -0.123. The molecule has 2 aromatic heterocycles. The number of nitrogens with zero attached hydrogens (tertiary/aromatic N) is 5. The molecule has 0 saturated carbocycles. The molecule has 10 heteroatoms. The van der Waals surface area contributed by atoms with Crippen LogP contribution in [0.5, 0.6) is 0 Å². The standard InChI is InChI=1S/C31H28ClN5O2S2/c1-20-11-12-27-33-28(35-15-13-34(14-16-35)24-10-6-9-23(32)17-24)25(29(38)36(27)19-20)18-26-30(39)37(31(40)41-26)21(2)22-7-4-3-5-8-22/h3-12,17-19,21H,13-16H2,1-2H3/b26-18-/t21-/m0/s1. The maximum atomic E-state index is 13.9. The van der Waals surface area contributed by atoms with E-state index in [0.29, 0.717) is 44.4 Å². The third kappa shape index (κ3) is 5.37. The Morgan fingerprint density at radius 3 is 2.44 bits per heavy atom. The predicted octanol–water partition coefficient (Wildman–Crippen LogP) is 5.95. The molecule has 2 fully saturated rings. The number of carbonyl (C=O) groups excluding carboxylic acids is 1. The number of pyridine rings is 1. The number of rotatable bonds is 5. The number of piperazine rings is 1. The molecule has 41 heavy (non-hydrogen) atoms. The molecule has 7 nitrogen and oxygen atoms in total. The number of benzene rings is 2. The summed E-state index contributed by atoms with van der Waals surface area (Å²) in [6.07, 6.45) is 3.46. The Balaban J connectivity index is 1.37. The molecule has 208 valence electrons. The number of aromatic nitrogens is 2. The summed E-state index contributed by atoms with van der Waals surface area (Å²) in [6.45, 7) is 6.70. The van der Waals surface area contributed by atoms with Crippen molar-refractivity contribution in [3.63, 3.8) is 0 Å². The third-order valence-corrected chi connectivity index (χ3v) is 9.07. The van der Waals surface area contributed by atoms with Crippen LogP contribution in [-0.4, -0.2) is 50.7 Å². The first-order valence-corrected chi connectivity index (χ1v) is 15.0. The van der Waals surface area contributed by atoms with E-state index in [-0.39, 0.29) is 17.5 Å². The molecule has 0 unspecified atom stereocenters. The van der Waals surface area contributed by atoms with Crippen molar-refractivity contribution in [2.24, 2.45) is 0 Å². The van der Waals surface area contributed by atoms with Gasteiger partial charge in [-0.3, -0.25) is 18.9 Å². The van der Waals surface area contributed by atoms with E-state index >= 15 is 0 Å². The monoisotopic (exact) mass is 601 g/mol. The fraction of sp³-hybridized carbons (Fsp3) is 0.226. The summed E-state index contributed by atoms with van der Waals surface area (Å²) in [4.78, 5) is 39.0. The van der Waals surface area contributed by atoms with Crippen molar-refractivity contribution in [3.05, 3.63) is 110 Å². The van der Waals surface area contributed by atoms with Crippen LogP contribution in [0.1, 0.15) is 29.7 Å². The summed E-state index contributed by atoms with van der Waals surface area (Å²) in [5.74, 6) is 0.368. The van der Waals surface area contributed by atoms with Gasteiger partial charge in [-0.05, 0) is 55.3 Å². The average molecular weight is 602 g/mol. The first kappa shape index (κ1) is 27.5. The highest BCUT2D eigenvalue weighted by molar-refractivity contribution is 8.26. The van der Waals surface area contributed by atoms with Gasteiger partial charge in [0, 0.05) is 43.1 Å². The summed E-state index contributed by atoms with van der Waals surface area (Å²) in [5, 5.41) is 0.700. The molecule has 6 rings (SSSR count). The lowest BCUT2D eigenvalue weighted by Crippen LogP contribution is -2.47. The molecule has 2 aliphatic rings. The summed E-state index contributed by atoms with van der Waals surface area (Å²) in [7, 11) is 0. The first-order chi connectivity index (χ1) is 19.8. The second-order valence-electron chi connectivity index (χ2n) is 10.2. The number of thioether (sulfide) groups is 1. The number of anilines is 2. The topological polar surface area (TPSA) is 61.2 Å². The molecular formula is C31H28ClN5O2S2. The molecule has 0 aliphatic carbocycles. The molecule has 0 N–H and O–H groups in total. The maximum Gasteiger partial charge on any atom is 0.267 e. The van der Waals surface area contributed by atoms with Gasteiger partial charge in [0.05, 0.1) is 16.5 Å². The minimum Gasteiger partial charge on any atom is -0.368 e. The zero-order chi connectivity index (χ0) is 28.7. The van der Waals surface area contributed by atoms with E-state index in [9.17, 15) is 9.59 Å². The molecule has 2 aromatic carbocycles. The Kier molecular flexibility index (Phi) is 7.59. The van der Waals surface area contributed by atoms with Crippen LogP contribution >= 0.6 is 35.6 Å². The number of thiocarbonyl (C=S) groups is 1. The van der Waals surface area contributed by atoms with Crippen molar-refractivity contribution in [1.29, 1.82) is 0 Å². The number of amides is 1. The SMILES string of the molecule is Cc1ccc2nc(N3CCN(c4cccc(Cl)c4)CC3)c(/C=C3\SC(=S)N([C@@H](C)c4ccccc4)C3=O)c(=O)n2c1. The summed E-state index contributed by atoms with van der Waals surface area (Å²) in [5.41, 5.74) is 3.74. The molecule has 1 amide bonds. The third-order valence-electron chi connectivity index (χ3n) is 7.51. The molecule has 4 aromatic rings. The molecule has 0 radical (unpaired) electrons. The van der Waals surface area contributed by atoms with Crippen LogP contribution in [0, 0.1) is 6.92 Å². The molecule has 0 bridgehead atoms. The summed E-state index contributed by atoms with van der Waals surface area (Å²) >= 11 is 13.1. The van der Waals surface area contributed by atoms with Crippen molar-refractivity contribution < 1.29 is 4.79 Å². The smallest absolute Gasteiger partial charge is 0.267 e. The maximum absolute atomic E-state index is 13.9. The van der Waals surface area contributed by atoms with Gasteiger partial charge >= 0.3 is 0 Å². The molecular weight excluding hydrogens is 574 g/mol. The zero-order valence-electron chi connectivity index (χ0n) is 22.7. The van der Waals surface area contributed by atoms with Crippen molar-refractivity contribution >= 4 is 69.0 Å². The lowest BCUT2D eigenvalue weighted by Gasteiger charge is -2.37. The van der Waals surface area contributed by atoms with Gasteiger partial charge in [-0.2, -0.15) is 0 Å². The van der Waals surface area contributed by atoms with Crippen molar-refractivity contribution in [2.45, 2.75) is 19.9 Å². The van der Waals surface area contributed by atoms with Crippen LogP contribution < -0.4 is 15.4 Å². The second-order valence-corrected chi connectivity index (χ2v) is 12.3. The van der Waals surface area contributed by atoms with E-state index in [4.69, 9.17) is 28.8 Å². The number of halogens is 1. The Hall–Kier alpha value is -3.66. The van der Waals surface area contributed by atoms with Crippen LogP contribution in [0.4, 0.5) is 11.5 Å². The first-order valence-electron chi connectivity index (χ1n) is 13.4. The largest absolute Gasteiger partial charge is 0.368 e.